The summed E-state index contributed by atoms with van der Waals surface area (Å²) in [7, 11) is -3.92. The van der Waals surface area contributed by atoms with Crippen molar-refractivity contribution in [3.05, 3.63) is 42.2 Å². The Morgan fingerprint density at radius 3 is 2.52 bits per heavy atom. The van der Waals surface area contributed by atoms with Gasteiger partial charge >= 0.3 is 6.18 Å². The van der Waals surface area contributed by atoms with E-state index >= 15 is 0 Å². The number of furan rings is 1. The number of benzene rings is 1. The standard InChI is InChI=1S/C17H17F3N2O6S/c18-17(19,20)11-27-13-4-2-1-3-12(13)21-16(23)14-5-6-15(28-14)29(24,25)22-7-9-26-10-8-22/h1-6H,7-11H2,(H,21,23). The highest BCUT2D eigenvalue weighted by atomic mass is 32.2. The van der Waals surface area contributed by atoms with E-state index in [9.17, 15) is 26.4 Å². The van der Waals surface area contributed by atoms with Gasteiger partial charge in [0.2, 0.25) is 5.09 Å². The van der Waals surface area contributed by atoms with E-state index in [-0.39, 0.29) is 43.5 Å². The number of rotatable bonds is 6. The predicted octanol–water partition coefficient (Wildman–Crippen LogP) is 2.49. The van der Waals surface area contributed by atoms with E-state index in [0.717, 1.165) is 6.07 Å². The lowest BCUT2D eigenvalue weighted by atomic mass is 10.3. The highest BCUT2D eigenvalue weighted by molar-refractivity contribution is 7.89. The Balaban J connectivity index is 1.73. The maximum Gasteiger partial charge on any atom is 0.422 e. The van der Waals surface area contributed by atoms with Crippen molar-refractivity contribution >= 4 is 21.6 Å². The molecule has 0 unspecified atom stereocenters. The van der Waals surface area contributed by atoms with Gasteiger partial charge in [0, 0.05) is 13.1 Å². The molecule has 1 fully saturated rings. The summed E-state index contributed by atoms with van der Waals surface area (Å²) in [4.78, 5) is 12.4. The molecule has 3 rings (SSSR count). The van der Waals surface area contributed by atoms with Gasteiger partial charge in [-0.1, -0.05) is 12.1 Å². The highest BCUT2D eigenvalue weighted by Gasteiger charge is 2.31. The third kappa shape index (κ3) is 5.28. The summed E-state index contributed by atoms with van der Waals surface area (Å²) < 4.78 is 78.3. The van der Waals surface area contributed by atoms with Crippen LogP contribution in [0.4, 0.5) is 18.9 Å². The lowest BCUT2D eigenvalue weighted by Gasteiger charge is -2.24. The van der Waals surface area contributed by atoms with Crippen LogP contribution in [0.25, 0.3) is 0 Å². The summed E-state index contributed by atoms with van der Waals surface area (Å²) >= 11 is 0. The predicted molar refractivity (Wildman–Crippen MR) is 94.2 cm³/mol. The molecule has 8 nitrogen and oxygen atoms in total. The van der Waals surface area contributed by atoms with Crippen molar-refractivity contribution in [1.82, 2.24) is 4.31 Å². The Labute approximate surface area is 164 Å². The Hall–Kier alpha value is -2.57. The van der Waals surface area contributed by atoms with Crippen LogP contribution in [0.3, 0.4) is 0 Å². The summed E-state index contributed by atoms with van der Waals surface area (Å²) in [5.41, 5.74) is -0.0178. The minimum Gasteiger partial charge on any atom is -0.482 e. The lowest BCUT2D eigenvalue weighted by molar-refractivity contribution is -0.153. The second-order valence-corrected chi connectivity index (χ2v) is 7.86. The van der Waals surface area contributed by atoms with Crippen LogP contribution in [-0.2, 0) is 14.8 Å². The molecule has 2 aromatic rings. The number of anilines is 1. The van der Waals surface area contributed by atoms with Crippen LogP contribution >= 0.6 is 0 Å². The number of sulfonamides is 1. The summed E-state index contributed by atoms with van der Waals surface area (Å²) in [5, 5.41) is 1.94. The van der Waals surface area contributed by atoms with Crippen LogP contribution in [0.5, 0.6) is 5.75 Å². The Kier molecular flexibility index (Phi) is 6.15. The molecule has 1 aliphatic heterocycles. The van der Waals surface area contributed by atoms with Crippen molar-refractivity contribution in [3.8, 4) is 5.75 Å². The number of para-hydroxylation sites is 2. The van der Waals surface area contributed by atoms with Gasteiger partial charge < -0.3 is 19.2 Å². The van der Waals surface area contributed by atoms with Crippen LogP contribution in [0, 0.1) is 0 Å². The van der Waals surface area contributed by atoms with Crippen molar-refractivity contribution in [1.29, 1.82) is 0 Å². The molecule has 12 heteroatoms. The second-order valence-electron chi connectivity index (χ2n) is 5.99. The molecule has 2 heterocycles. The molecule has 0 radical (unpaired) electrons. The minimum absolute atomic E-state index is 0.0178. The van der Waals surface area contributed by atoms with Gasteiger partial charge in [-0.3, -0.25) is 4.79 Å². The Morgan fingerprint density at radius 2 is 1.83 bits per heavy atom. The number of hydrogen-bond donors (Lipinski definition) is 1. The number of ether oxygens (including phenoxy) is 2. The van der Waals surface area contributed by atoms with Gasteiger partial charge in [-0.2, -0.15) is 17.5 Å². The summed E-state index contributed by atoms with van der Waals surface area (Å²) in [6.07, 6.45) is -4.54. The molecule has 0 atom stereocenters. The van der Waals surface area contributed by atoms with Crippen LogP contribution < -0.4 is 10.1 Å². The molecular formula is C17H17F3N2O6S. The molecular weight excluding hydrogens is 417 g/mol. The molecule has 29 heavy (non-hydrogen) atoms. The number of alkyl halides is 3. The van der Waals surface area contributed by atoms with E-state index in [2.05, 4.69) is 5.32 Å². The fraction of sp³-hybridized carbons (Fsp3) is 0.353. The van der Waals surface area contributed by atoms with Gasteiger partial charge in [-0.15, -0.1) is 0 Å². The fourth-order valence-corrected chi connectivity index (χ4v) is 3.85. The maximum atomic E-state index is 12.5. The molecule has 1 saturated heterocycles. The van der Waals surface area contributed by atoms with Gasteiger partial charge in [-0.25, -0.2) is 8.42 Å². The molecule has 1 aliphatic rings. The lowest BCUT2D eigenvalue weighted by Crippen LogP contribution is -2.40. The first-order chi connectivity index (χ1) is 13.7. The van der Waals surface area contributed by atoms with E-state index in [1.54, 1.807) is 0 Å². The number of nitrogens with one attached hydrogen (secondary N) is 1. The minimum atomic E-state index is -4.54. The van der Waals surface area contributed by atoms with Crippen LogP contribution in [0.1, 0.15) is 10.6 Å². The summed E-state index contributed by atoms with van der Waals surface area (Å²) in [6, 6.07) is 7.86. The number of hydrogen-bond acceptors (Lipinski definition) is 6. The third-order valence-corrected chi connectivity index (χ3v) is 5.67. The first-order valence-corrected chi connectivity index (χ1v) is 9.88. The fourth-order valence-electron chi connectivity index (χ4n) is 2.53. The molecule has 1 amide bonds. The van der Waals surface area contributed by atoms with E-state index < -0.39 is 33.8 Å². The number of halogens is 3. The highest BCUT2D eigenvalue weighted by Crippen LogP contribution is 2.27. The molecule has 158 valence electrons. The van der Waals surface area contributed by atoms with Gasteiger partial charge in [0.1, 0.15) is 5.75 Å². The molecule has 1 aromatic heterocycles. The van der Waals surface area contributed by atoms with Gasteiger partial charge in [0.25, 0.3) is 15.9 Å². The molecule has 0 bridgehead atoms. The number of nitrogens with zero attached hydrogens (tertiary/aromatic N) is 1. The van der Waals surface area contributed by atoms with Crippen LogP contribution in [0.15, 0.2) is 45.9 Å². The number of amides is 1. The zero-order chi connectivity index (χ0) is 21.1. The zero-order valence-corrected chi connectivity index (χ0v) is 15.8. The van der Waals surface area contributed by atoms with Crippen LogP contribution in [0.2, 0.25) is 0 Å². The van der Waals surface area contributed by atoms with Crippen molar-refractivity contribution in [2.75, 3.05) is 38.2 Å². The van der Waals surface area contributed by atoms with Crippen molar-refractivity contribution in [2.45, 2.75) is 11.3 Å². The average molecular weight is 434 g/mol. The molecule has 0 spiro atoms. The van der Waals surface area contributed by atoms with Gasteiger partial charge in [0.15, 0.2) is 12.4 Å². The SMILES string of the molecule is O=C(Nc1ccccc1OCC(F)(F)F)c1ccc(S(=O)(=O)N2CCOCC2)o1. The molecule has 0 aliphatic carbocycles. The van der Waals surface area contributed by atoms with E-state index in [1.165, 1.54) is 34.6 Å². The van der Waals surface area contributed by atoms with E-state index in [1.807, 2.05) is 0 Å². The number of carbonyl (C=O) groups is 1. The normalized spacial score (nSPS) is 15.8. The first-order valence-electron chi connectivity index (χ1n) is 8.44. The third-order valence-electron chi connectivity index (χ3n) is 3.90. The topological polar surface area (TPSA) is 98.1 Å². The second kappa shape index (κ2) is 8.43. The molecule has 1 aromatic carbocycles. The Morgan fingerprint density at radius 1 is 1.14 bits per heavy atom. The number of morpholine rings is 1. The first kappa shape index (κ1) is 21.1. The largest absolute Gasteiger partial charge is 0.482 e. The van der Waals surface area contributed by atoms with Crippen molar-refractivity contribution < 1.29 is 40.3 Å². The van der Waals surface area contributed by atoms with Crippen LogP contribution in [-0.4, -0.2) is 57.7 Å². The number of carbonyl (C=O) groups excluding carboxylic acids is 1. The van der Waals surface area contributed by atoms with E-state index in [4.69, 9.17) is 13.9 Å². The quantitative estimate of drug-likeness (QED) is 0.750. The van der Waals surface area contributed by atoms with Crippen molar-refractivity contribution in [3.63, 3.8) is 0 Å². The maximum absolute atomic E-state index is 12.5. The van der Waals surface area contributed by atoms with Gasteiger partial charge in [-0.05, 0) is 24.3 Å². The molecule has 1 N–H and O–H groups in total. The van der Waals surface area contributed by atoms with E-state index in [0.29, 0.717) is 0 Å². The summed E-state index contributed by atoms with van der Waals surface area (Å²) in [6.45, 7) is -0.699. The van der Waals surface area contributed by atoms with Gasteiger partial charge in [0.05, 0.1) is 18.9 Å². The smallest absolute Gasteiger partial charge is 0.422 e. The Bertz CT molecular complexity index is 968. The monoisotopic (exact) mass is 434 g/mol. The molecule has 0 saturated carbocycles. The summed E-state index contributed by atoms with van der Waals surface area (Å²) in [5.74, 6) is -1.34. The van der Waals surface area contributed by atoms with Crippen molar-refractivity contribution in [2.24, 2.45) is 0 Å². The zero-order valence-electron chi connectivity index (χ0n) is 14.9. The average Bonchev–Trinajstić information content (AvgIpc) is 3.19.